The lowest BCUT2D eigenvalue weighted by atomic mass is 9.65. The number of aryl methyl sites for hydroxylation is 2. The van der Waals surface area contributed by atoms with E-state index in [2.05, 4.69) is 32.1 Å². The number of phenols is 2. The van der Waals surface area contributed by atoms with E-state index in [4.69, 9.17) is 0 Å². The van der Waals surface area contributed by atoms with Crippen LogP contribution >= 0.6 is 0 Å². The van der Waals surface area contributed by atoms with Crippen LogP contribution in [0.15, 0.2) is 53.2 Å². The third kappa shape index (κ3) is 5.84. The van der Waals surface area contributed by atoms with E-state index in [1.54, 1.807) is 6.07 Å². The first-order valence-electron chi connectivity index (χ1n) is 13.3. The molecule has 0 atom stereocenters. The second-order valence-electron chi connectivity index (χ2n) is 11.2. The molecule has 3 rings (SSSR count). The SMILES string of the molecule is CC(C)=CCCc1c(C)cc(O)c2c(O)c3c(cc12)C(CCC=C(C)C)(CCC=C(C)C)C(=O)C=C3O. The minimum Gasteiger partial charge on any atom is -0.507 e. The van der Waals surface area contributed by atoms with E-state index in [1.165, 1.54) is 22.8 Å². The molecule has 0 aromatic heterocycles. The second kappa shape index (κ2) is 11.4. The minimum atomic E-state index is -0.887. The second-order valence-corrected chi connectivity index (χ2v) is 11.2. The first-order valence-corrected chi connectivity index (χ1v) is 13.3. The third-order valence-electron chi connectivity index (χ3n) is 7.42. The highest BCUT2D eigenvalue weighted by molar-refractivity contribution is 6.11. The van der Waals surface area contributed by atoms with Crippen molar-refractivity contribution in [3.8, 4) is 11.5 Å². The van der Waals surface area contributed by atoms with Crippen LogP contribution in [0.4, 0.5) is 0 Å². The molecule has 0 heterocycles. The average Bonchev–Trinajstić information content (AvgIpc) is 2.77. The molecular formula is C33H42O4. The molecule has 0 fully saturated rings. The molecule has 4 heteroatoms. The number of allylic oxidation sites excluding steroid dienone is 7. The summed E-state index contributed by atoms with van der Waals surface area (Å²) in [5.41, 5.74) is 5.60. The number of fused-ring (bicyclic) bond motifs is 2. The van der Waals surface area contributed by atoms with Gasteiger partial charge in [0.25, 0.3) is 0 Å². The van der Waals surface area contributed by atoms with E-state index in [9.17, 15) is 20.1 Å². The zero-order valence-electron chi connectivity index (χ0n) is 23.5. The van der Waals surface area contributed by atoms with Gasteiger partial charge < -0.3 is 15.3 Å². The van der Waals surface area contributed by atoms with Crippen LogP contribution in [0.2, 0.25) is 0 Å². The summed E-state index contributed by atoms with van der Waals surface area (Å²) in [6.45, 7) is 14.3. The van der Waals surface area contributed by atoms with E-state index >= 15 is 0 Å². The predicted molar refractivity (Wildman–Crippen MR) is 154 cm³/mol. The lowest BCUT2D eigenvalue weighted by molar-refractivity contribution is -0.120. The fourth-order valence-corrected chi connectivity index (χ4v) is 5.54. The molecule has 0 saturated carbocycles. The van der Waals surface area contributed by atoms with Crippen molar-refractivity contribution < 1.29 is 20.1 Å². The van der Waals surface area contributed by atoms with Gasteiger partial charge in [0, 0.05) is 6.08 Å². The molecule has 37 heavy (non-hydrogen) atoms. The van der Waals surface area contributed by atoms with Crippen LogP contribution in [0.5, 0.6) is 11.5 Å². The average molecular weight is 503 g/mol. The number of hydrogen-bond donors (Lipinski definition) is 3. The van der Waals surface area contributed by atoms with E-state index in [0.717, 1.165) is 29.4 Å². The number of benzene rings is 2. The lowest BCUT2D eigenvalue weighted by Gasteiger charge is -2.37. The topological polar surface area (TPSA) is 77.8 Å². The van der Waals surface area contributed by atoms with Gasteiger partial charge in [0.1, 0.15) is 17.3 Å². The maximum Gasteiger partial charge on any atom is 0.169 e. The Bertz CT molecular complexity index is 1300. The molecule has 1 aliphatic rings. The largest absolute Gasteiger partial charge is 0.507 e. The highest BCUT2D eigenvalue weighted by Crippen LogP contribution is 2.51. The molecule has 0 unspecified atom stereocenters. The Morgan fingerprint density at radius 2 is 1.38 bits per heavy atom. The standard InChI is InChI=1S/C33H42O4/c1-20(2)11-8-14-24-23(7)17-27(34)30-25(24)18-26-31(32(30)37)28(35)19-29(36)33(26,15-9-12-21(3)4)16-10-13-22(5)6/h11-13,17-19,34-35,37H,8-10,14-16H2,1-7H3. The van der Waals surface area contributed by atoms with Gasteiger partial charge >= 0.3 is 0 Å². The van der Waals surface area contributed by atoms with Crippen molar-refractivity contribution in [2.45, 2.75) is 92.4 Å². The maximum absolute atomic E-state index is 13.7. The van der Waals surface area contributed by atoms with Gasteiger partial charge in [0.15, 0.2) is 5.78 Å². The van der Waals surface area contributed by atoms with Gasteiger partial charge in [0.2, 0.25) is 0 Å². The number of aromatic hydroxyl groups is 2. The Balaban J connectivity index is 2.35. The van der Waals surface area contributed by atoms with Crippen molar-refractivity contribution in [3.05, 3.63) is 75.4 Å². The quantitative estimate of drug-likeness (QED) is 0.300. The highest BCUT2D eigenvalue weighted by atomic mass is 16.3. The van der Waals surface area contributed by atoms with Crippen LogP contribution in [0, 0.1) is 6.92 Å². The summed E-state index contributed by atoms with van der Waals surface area (Å²) in [6, 6.07) is 3.64. The molecule has 4 nitrogen and oxygen atoms in total. The van der Waals surface area contributed by atoms with Crippen molar-refractivity contribution in [2.75, 3.05) is 0 Å². The van der Waals surface area contributed by atoms with Gasteiger partial charge in [-0.05, 0) is 121 Å². The summed E-state index contributed by atoms with van der Waals surface area (Å²) >= 11 is 0. The van der Waals surface area contributed by atoms with Gasteiger partial charge in [-0.15, -0.1) is 0 Å². The summed E-state index contributed by atoms with van der Waals surface area (Å²) in [4.78, 5) is 13.7. The Morgan fingerprint density at radius 3 is 1.92 bits per heavy atom. The van der Waals surface area contributed by atoms with Crippen LogP contribution in [-0.4, -0.2) is 21.1 Å². The minimum absolute atomic E-state index is 0.0249. The molecule has 0 amide bonds. The van der Waals surface area contributed by atoms with Crippen LogP contribution < -0.4 is 0 Å². The Kier molecular flexibility index (Phi) is 8.73. The van der Waals surface area contributed by atoms with E-state index in [-0.39, 0.29) is 28.6 Å². The molecule has 198 valence electrons. The predicted octanol–water partition coefficient (Wildman–Crippen LogP) is 8.67. The first-order chi connectivity index (χ1) is 17.4. The fraction of sp³-hybridized carbons (Fsp3) is 0.424. The molecule has 0 aliphatic heterocycles. The summed E-state index contributed by atoms with van der Waals surface area (Å²) in [7, 11) is 0. The summed E-state index contributed by atoms with van der Waals surface area (Å²) in [5.74, 6) is -0.569. The smallest absolute Gasteiger partial charge is 0.169 e. The normalized spacial score (nSPS) is 14.1. The van der Waals surface area contributed by atoms with E-state index in [1.807, 2.05) is 40.7 Å². The molecule has 0 bridgehead atoms. The van der Waals surface area contributed by atoms with Crippen molar-refractivity contribution >= 4 is 22.3 Å². The fourth-order valence-electron chi connectivity index (χ4n) is 5.54. The van der Waals surface area contributed by atoms with Crippen molar-refractivity contribution in [1.29, 1.82) is 0 Å². The van der Waals surface area contributed by atoms with E-state index < -0.39 is 5.41 Å². The highest BCUT2D eigenvalue weighted by Gasteiger charge is 2.44. The zero-order chi connectivity index (χ0) is 27.5. The van der Waals surface area contributed by atoms with Gasteiger partial charge in [-0.2, -0.15) is 0 Å². The van der Waals surface area contributed by atoms with Gasteiger partial charge in [0.05, 0.1) is 16.4 Å². The number of hydrogen-bond acceptors (Lipinski definition) is 4. The number of aliphatic hydroxyl groups is 1. The number of ketones is 1. The Labute approximate surface area is 221 Å². The number of rotatable bonds is 9. The number of aliphatic hydroxyl groups excluding tert-OH is 1. The van der Waals surface area contributed by atoms with Crippen LogP contribution in [0.25, 0.3) is 16.5 Å². The van der Waals surface area contributed by atoms with Crippen molar-refractivity contribution in [1.82, 2.24) is 0 Å². The zero-order valence-corrected chi connectivity index (χ0v) is 23.5. The van der Waals surface area contributed by atoms with Crippen LogP contribution in [0.1, 0.15) is 95.9 Å². The van der Waals surface area contributed by atoms with Gasteiger partial charge in [-0.3, -0.25) is 4.79 Å². The molecule has 2 aromatic carbocycles. The molecule has 1 aliphatic carbocycles. The van der Waals surface area contributed by atoms with Gasteiger partial charge in [-0.25, -0.2) is 0 Å². The summed E-state index contributed by atoms with van der Waals surface area (Å²) in [6.07, 6.45) is 11.8. The van der Waals surface area contributed by atoms with E-state index in [0.29, 0.717) is 36.6 Å². The lowest BCUT2D eigenvalue weighted by Crippen LogP contribution is -2.38. The first kappa shape index (κ1) is 28.3. The molecule has 2 aromatic rings. The molecule has 0 saturated heterocycles. The van der Waals surface area contributed by atoms with Gasteiger partial charge in [-0.1, -0.05) is 34.9 Å². The summed E-state index contributed by atoms with van der Waals surface area (Å²) in [5, 5.41) is 34.4. The Morgan fingerprint density at radius 1 is 0.838 bits per heavy atom. The molecule has 0 spiro atoms. The van der Waals surface area contributed by atoms with Crippen LogP contribution in [0.3, 0.4) is 0 Å². The molecular weight excluding hydrogens is 460 g/mol. The maximum atomic E-state index is 13.7. The Hall–Kier alpha value is -3.27. The van der Waals surface area contributed by atoms with Crippen LogP contribution in [-0.2, 0) is 16.6 Å². The molecule has 3 N–H and O–H groups in total. The number of carbonyl (C=O) groups excluding carboxylic acids is 1. The third-order valence-corrected chi connectivity index (χ3v) is 7.42. The number of phenolic OH excluding ortho intramolecular Hbond substituents is 2. The molecule has 0 radical (unpaired) electrons. The van der Waals surface area contributed by atoms with Crippen molar-refractivity contribution in [3.63, 3.8) is 0 Å². The monoisotopic (exact) mass is 502 g/mol. The summed E-state index contributed by atoms with van der Waals surface area (Å²) < 4.78 is 0. The number of carbonyl (C=O) groups is 1. The van der Waals surface area contributed by atoms with Crippen molar-refractivity contribution in [2.24, 2.45) is 0 Å².